The van der Waals surface area contributed by atoms with Crippen LogP contribution in [0.3, 0.4) is 0 Å². The summed E-state index contributed by atoms with van der Waals surface area (Å²) in [6, 6.07) is 6.11. The van der Waals surface area contributed by atoms with Gasteiger partial charge in [0, 0.05) is 17.9 Å². The summed E-state index contributed by atoms with van der Waals surface area (Å²) in [6.45, 7) is 6.72. The summed E-state index contributed by atoms with van der Waals surface area (Å²) in [5.74, 6) is 1.82. The fourth-order valence-electron chi connectivity index (χ4n) is 4.92. The Balaban J connectivity index is 1.42. The number of aromatic nitrogens is 1. The molecule has 2 aliphatic rings. The number of allylic oxidation sites excluding steroid dienone is 4. The van der Waals surface area contributed by atoms with E-state index in [0.29, 0.717) is 25.3 Å². The first-order valence-corrected chi connectivity index (χ1v) is 11.8. The Bertz CT molecular complexity index is 1030. The maximum Gasteiger partial charge on any atom is 0.307 e. The minimum atomic E-state index is -0.696. The SMILES string of the molecule is CCC(C(=O)O)C1CCc2cc(OCCc3nc(C4=CCCC=C4)oc3C(C)C)ccc21. The lowest BCUT2D eigenvalue weighted by Gasteiger charge is -2.19. The van der Waals surface area contributed by atoms with Gasteiger partial charge < -0.3 is 14.3 Å². The number of carbonyl (C=O) groups is 1. The molecule has 0 saturated carbocycles. The number of aryl methyl sites for hydroxylation is 1. The van der Waals surface area contributed by atoms with Gasteiger partial charge in [-0.3, -0.25) is 4.79 Å². The molecular formula is C27H33NO4. The van der Waals surface area contributed by atoms with Crippen molar-refractivity contribution in [2.24, 2.45) is 5.92 Å². The van der Waals surface area contributed by atoms with E-state index in [1.54, 1.807) is 0 Å². The molecule has 0 aliphatic heterocycles. The van der Waals surface area contributed by atoms with Gasteiger partial charge in [-0.15, -0.1) is 0 Å². The van der Waals surface area contributed by atoms with Gasteiger partial charge in [-0.1, -0.05) is 45.1 Å². The van der Waals surface area contributed by atoms with Crippen molar-refractivity contribution < 1.29 is 19.1 Å². The first-order valence-electron chi connectivity index (χ1n) is 11.8. The molecule has 32 heavy (non-hydrogen) atoms. The van der Waals surface area contributed by atoms with E-state index in [9.17, 15) is 9.90 Å². The minimum Gasteiger partial charge on any atom is -0.493 e. The second kappa shape index (κ2) is 9.76. The van der Waals surface area contributed by atoms with E-state index in [1.165, 1.54) is 11.1 Å². The van der Waals surface area contributed by atoms with Gasteiger partial charge in [-0.25, -0.2) is 4.98 Å². The third-order valence-electron chi connectivity index (χ3n) is 6.58. The van der Waals surface area contributed by atoms with Crippen molar-refractivity contribution in [1.29, 1.82) is 0 Å². The average Bonchev–Trinajstić information content (AvgIpc) is 3.39. The van der Waals surface area contributed by atoms with Crippen molar-refractivity contribution >= 4 is 11.5 Å². The topological polar surface area (TPSA) is 72.6 Å². The lowest BCUT2D eigenvalue weighted by molar-refractivity contribution is -0.142. The zero-order chi connectivity index (χ0) is 22.7. The van der Waals surface area contributed by atoms with Crippen molar-refractivity contribution in [3.8, 4) is 5.75 Å². The fourth-order valence-corrected chi connectivity index (χ4v) is 4.92. The predicted octanol–water partition coefficient (Wildman–Crippen LogP) is 6.29. The van der Waals surface area contributed by atoms with Gasteiger partial charge >= 0.3 is 5.97 Å². The van der Waals surface area contributed by atoms with Gasteiger partial charge in [-0.2, -0.15) is 0 Å². The molecule has 2 atom stereocenters. The predicted molar refractivity (Wildman–Crippen MR) is 125 cm³/mol. The Kier molecular flexibility index (Phi) is 6.83. The Labute approximate surface area is 190 Å². The number of hydrogen-bond donors (Lipinski definition) is 1. The molecule has 0 saturated heterocycles. The lowest BCUT2D eigenvalue weighted by Crippen LogP contribution is -2.19. The number of carboxylic acid groups (broad SMARTS) is 1. The number of benzene rings is 1. The second-order valence-corrected chi connectivity index (χ2v) is 9.08. The molecule has 0 radical (unpaired) electrons. The number of hydrogen-bond acceptors (Lipinski definition) is 4. The number of oxazole rings is 1. The maximum absolute atomic E-state index is 11.6. The molecule has 2 unspecified atom stereocenters. The quantitative estimate of drug-likeness (QED) is 0.501. The molecule has 5 heteroatoms. The van der Waals surface area contributed by atoms with Crippen molar-refractivity contribution in [3.05, 3.63) is 64.9 Å². The van der Waals surface area contributed by atoms with Crippen LogP contribution in [0.15, 0.2) is 40.8 Å². The first kappa shape index (κ1) is 22.4. The van der Waals surface area contributed by atoms with E-state index in [4.69, 9.17) is 14.1 Å². The summed E-state index contributed by atoms with van der Waals surface area (Å²) >= 11 is 0. The van der Waals surface area contributed by atoms with Gasteiger partial charge in [0.25, 0.3) is 0 Å². The highest BCUT2D eigenvalue weighted by Gasteiger charge is 2.33. The molecule has 2 aromatic rings. The summed E-state index contributed by atoms with van der Waals surface area (Å²) in [6.07, 6.45) is 11.7. The lowest BCUT2D eigenvalue weighted by atomic mass is 9.85. The van der Waals surface area contributed by atoms with Crippen molar-refractivity contribution in [3.63, 3.8) is 0 Å². The normalized spacial score (nSPS) is 18.5. The van der Waals surface area contributed by atoms with Crippen molar-refractivity contribution in [2.45, 2.75) is 71.1 Å². The standard InChI is InChI=1S/C27H33NO4/c1-4-21(27(29)30)23-12-10-19-16-20(11-13-22(19)23)31-15-14-24-25(17(2)3)32-26(28-24)18-8-6-5-7-9-18/h6,8-9,11,13,16-17,21,23H,4-5,7,10,12,14-15H2,1-3H3,(H,29,30). The van der Waals surface area contributed by atoms with Crippen LogP contribution in [0.1, 0.15) is 86.8 Å². The second-order valence-electron chi connectivity index (χ2n) is 9.08. The van der Waals surface area contributed by atoms with Gasteiger partial charge in [0.05, 0.1) is 18.2 Å². The van der Waals surface area contributed by atoms with Gasteiger partial charge in [0.2, 0.25) is 5.89 Å². The van der Waals surface area contributed by atoms with E-state index in [0.717, 1.165) is 48.5 Å². The van der Waals surface area contributed by atoms with E-state index in [-0.39, 0.29) is 17.8 Å². The molecule has 0 bridgehead atoms. The largest absolute Gasteiger partial charge is 0.493 e. The Morgan fingerprint density at radius 1 is 1.31 bits per heavy atom. The van der Waals surface area contributed by atoms with Gasteiger partial charge in [0.15, 0.2) is 0 Å². The molecule has 1 aromatic heterocycles. The van der Waals surface area contributed by atoms with Crippen LogP contribution in [-0.4, -0.2) is 22.7 Å². The van der Waals surface area contributed by atoms with E-state index in [1.807, 2.05) is 13.0 Å². The number of fused-ring (bicyclic) bond motifs is 1. The maximum atomic E-state index is 11.6. The minimum absolute atomic E-state index is 0.104. The molecular weight excluding hydrogens is 402 g/mol. The zero-order valence-corrected chi connectivity index (χ0v) is 19.3. The van der Waals surface area contributed by atoms with Crippen LogP contribution in [0.25, 0.3) is 5.57 Å². The van der Waals surface area contributed by atoms with Crippen LogP contribution in [0, 0.1) is 5.92 Å². The van der Waals surface area contributed by atoms with Crippen molar-refractivity contribution in [2.75, 3.05) is 6.61 Å². The van der Waals surface area contributed by atoms with E-state index >= 15 is 0 Å². The Morgan fingerprint density at radius 3 is 2.84 bits per heavy atom. The monoisotopic (exact) mass is 435 g/mol. The van der Waals surface area contributed by atoms with E-state index < -0.39 is 5.97 Å². The molecule has 4 rings (SSSR count). The van der Waals surface area contributed by atoms with Crippen LogP contribution < -0.4 is 4.74 Å². The fraction of sp³-hybridized carbons (Fsp3) is 0.481. The molecule has 0 spiro atoms. The van der Waals surface area contributed by atoms with Crippen LogP contribution in [0.4, 0.5) is 0 Å². The van der Waals surface area contributed by atoms with Crippen LogP contribution >= 0.6 is 0 Å². The molecule has 1 heterocycles. The smallest absolute Gasteiger partial charge is 0.307 e. The number of nitrogens with zero attached hydrogens (tertiary/aromatic N) is 1. The number of aliphatic carboxylic acids is 1. The summed E-state index contributed by atoms with van der Waals surface area (Å²) in [5, 5.41) is 9.54. The number of ether oxygens (including phenoxy) is 1. The third-order valence-corrected chi connectivity index (χ3v) is 6.58. The molecule has 2 aliphatic carbocycles. The van der Waals surface area contributed by atoms with Crippen LogP contribution in [0.5, 0.6) is 5.75 Å². The summed E-state index contributed by atoms with van der Waals surface area (Å²) < 4.78 is 12.2. The Morgan fingerprint density at radius 2 is 2.16 bits per heavy atom. The van der Waals surface area contributed by atoms with Crippen LogP contribution in [0.2, 0.25) is 0 Å². The van der Waals surface area contributed by atoms with E-state index in [2.05, 4.69) is 44.2 Å². The van der Waals surface area contributed by atoms with Crippen LogP contribution in [-0.2, 0) is 17.6 Å². The summed E-state index contributed by atoms with van der Waals surface area (Å²) in [5.41, 5.74) is 4.41. The zero-order valence-electron chi connectivity index (χ0n) is 19.3. The average molecular weight is 436 g/mol. The summed E-state index contributed by atoms with van der Waals surface area (Å²) in [7, 11) is 0. The number of rotatable bonds is 9. The highest BCUT2D eigenvalue weighted by atomic mass is 16.5. The molecule has 170 valence electrons. The third kappa shape index (κ3) is 4.67. The molecule has 5 nitrogen and oxygen atoms in total. The molecule has 1 aromatic carbocycles. The first-order chi connectivity index (χ1) is 15.5. The molecule has 1 N–H and O–H groups in total. The molecule has 0 amide bonds. The summed E-state index contributed by atoms with van der Waals surface area (Å²) in [4.78, 5) is 16.4. The molecule has 0 fully saturated rings. The Hall–Kier alpha value is -2.82. The highest BCUT2D eigenvalue weighted by molar-refractivity contribution is 5.72. The van der Waals surface area contributed by atoms with Gasteiger partial charge in [0.1, 0.15) is 11.5 Å². The van der Waals surface area contributed by atoms with Crippen molar-refractivity contribution in [1.82, 2.24) is 4.98 Å². The highest BCUT2D eigenvalue weighted by Crippen LogP contribution is 2.41. The number of carboxylic acids is 1. The van der Waals surface area contributed by atoms with Gasteiger partial charge in [-0.05, 0) is 61.3 Å².